The minimum Gasteiger partial charge on any atom is -0.252 e. The highest BCUT2D eigenvalue weighted by Crippen LogP contribution is 2.42. The normalized spacial score (nSPS) is 12.4. The minimum atomic E-state index is -4.57. The molecule has 0 spiro atoms. The van der Waals surface area contributed by atoms with Crippen molar-refractivity contribution in [2.75, 3.05) is 0 Å². The molecule has 0 saturated heterocycles. The lowest BCUT2D eigenvalue weighted by Crippen LogP contribution is -2.05. The van der Waals surface area contributed by atoms with Gasteiger partial charge in [-0.25, -0.2) is 0 Å². The van der Waals surface area contributed by atoms with Crippen LogP contribution in [0.15, 0.2) is 73.3 Å². The van der Waals surface area contributed by atoms with Gasteiger partial charge in [0.1, 0.15) is 0 Å². The molecule has 0 aliphatic carbocycles. The molecule has 0 radical (unpaired) electrons. The van der Waals surface area contributed by atoms with Crippen LogP contribution < -0.4 is 0 Å². The highest BCUT2D eigenvalue weighted by atomic mass is 19.4. The maximum absolute atomic E-state index is 13.4. The molecule has 10 heteroatoms. The first-order valence-corrected chi connectivity index (χ1v) is 9.87. The maximum atomic E-state index is 13.4. The van der Waals surface area contributed by atoms with Crippen molar-refractivity contribution in [2.24, 2.45) is 0 Å². The quantitative estimate of drug-likeness (QED) is 0.207. The first-order chi connectivity index (χ1) is 16.1. The van der Waals surface area contributed by atoms with E-state index in [4.69, 9.17) is 0 Å². The van der Waals surface area contributed by atoms with Crippen LogP contribution in [-0.2, 0) is 12.4 Å². The number of rotatable bonds is 2. The summed E-state index contributed by atoms with van der Waals surface area (Å²) in [6.45, 7) is 0. The van der Waals surface area contributed by atoms with Crippen LogP contribution in [0.1, 0.15) is 11.1 Å². The number of halogens is 6. The zero-order chi connectivity index (χ0) is 24.1. The summed E-state index contributed by atoms with van der Waals surface area (Å²) >= 11 is 0. The molecule has 0 unspecified atom stereocenters. The Morgan fingerprint density at radius 1 is 0.471 bits per heavy atom. The van der Waals surface area contributed by atoms with Gasteiger partial charge in [0.2, 0.25) is 0 Å². The number of nitrogens with zero attached hydrogens (tertiary/aromatic N) is 4. The number of hydrogen-bond donors (Lipinski definition) is 0. The van der Waals surface area contributed by atoms with Crippen molar-refractivity contribution in [1.29, 1.82) is 0 Å². The van der Waals surface area contributed by atoms with Gasteiger partial charge in [-0.15, -0.1) is 0 Å². The summed E-state index contributed by atoms with van der Waals surface area (Å²) in [7, 11) is 0. The van der Waals surface area contributed by atoms with E-state index in [1.807, 2.05) is 0 Å². The molecular formula is C24H12F6N4. The molecule has 0 saturated carbocycles. The van der Waals surface area contributed by atoms with Gasteiger partial charge in [0, 0.05) is 35.9 Å². The zero-order valence-electron chi connectivity index (χ0n) is 17.0. The van der Waals surface area contributed by atoms with Gasteiger partial charge >= 0.3 is 12.4 Å². The monoisotopic (exact) mass is 470 g/mol. The summed E-state index contributed by atoms with van der Waals surface area (Å²) in [6, 6.07) is 9.34. The second-order valence-electron chi connectivity index (χ2n) is 7.41. The molecule has 2 heterocycles. The van der Waals surface area contributed by atoms with Gasteiger partial charge in [-0.1, -0.05) is 24.3 Å². The van der Waals surface area contributed by atoms with E-state index in [2.05, 4.69) is 19.9 Å². The lowest BCUT2D eigenvalue weighted by Gasteiger charge is -2.16. The van der Waals surface area contributed by atoms with E-state index < -0.39 is 23.5 Å². The third-order valence-corrected chi connectivity index (χ3v) is 5.30. The van der Waals surface area contributed by atoms with Crippen LogP contribution in [0.3, 0.4) is 0 Å². The van der Waals surface area contributed by atoms with Crippen molar-refractivity contribution in [3.05, 3.63) is 84.4 Å². The Kier molecular flexibility index (Phi) is 4.96. The summed E-state index contributed by atoms with van der Waals surface area (Å²) < 4.78 is 80.3. The molecule has 0 bridgehead atoms. The van der Waals surface area contributed by atoms with Crippen LogP contribution in [0.25, 0.3) is 44.3 Å². The van der Waals surface area contributed by atoms with Gasteiger partial charge in [-0.05, 0) is 35.4 Å². The van der Waals surface area contributed by atoms with Gasteiger partial charge < -0.3 is 0 Å². The molecule has 5 rings (SSSR count). The molecule has 0 N–H and O–H groups in total. The average molecular weight is 470 g/mol. The standard InChI is InChI=1S/C24H12F6N4/c25-23(26,27)15-5-1-3-13(11-15)17-19-21(33-9-7-31-19)18(22-20(17)32-8-10-34-22)14-4-2-6-16(12-14)24(28,29)30/h1-12H. The molecule has 0 fully saturated rings. The van der Waals surface area contributed by atoms with E-state index in [0.29, 0.717) is 0 Å². The number of benzene rings is 3. The summed E-state index contributed by atoms with van der Waals surface area (Å²) in [5.74, 6) is 0. The van der Waals surface area contributed by atoms with Crippen LogP contribution in [0.2, 0.25) is 0 Å². The molecule has 5 aromatic rings. The molecule has 0 aliphatic heterocycles. The second-order valence-corrected chi connectivity index (χ2v) is 7.41. The molecule has 0 aliphatic rings. The maximum Gasteiger partial charge on any atom is 0.416 e. The first-order valence-electron chi connectivity index (χ1n) is 9.87. The number of fused-ring (bicyclic) bond motifs is 2. The molecule has 0 amide bonds. The van der Waals surface area contributed by atoms with Gasteiger partial charge in [0.25, 0.3) is 0 Å². The molecule has 3 aromatic carbocycles. The van der Waals surface area contributed by atoms with Crippen LogP contribution in [0, 0.1) is 0 Å². The van der Waals surface area contributed by atoms with Crippen molar-refractivity contribution >= 4 is 22.1 Å². The summed E-state index contributed by atoms with van der Waals surface area (Å²) in [5, 5.41) is 0. The van der Waals surface area contributed by atoms with Gasteiger partial charge in [-0.3, -0.25) is 19.9 Å². The van der Waals surface area contributed by atoms with Crippen LogP contribution in [0.5, 0.6) is 0 Å². The topological polar surface area (TPSA) is 51.6 Å². The largest absolute Gasteiger partial charge is 0.416 e. The van der Waals surface area contributed by atoms with E-state index >= 15 is 0 Å². The van der Waals surface area contributed by atoms with Crippen LogP contribution >= 0.6 is 0 Å². The Labute approximate surface area is 188 Å². The van der Waals surface area contributed by atoms with E-state index in [1.54, 1.807) is 0 Å². The van der Waals surface area contributed by atoms with Crippen LogP contribution in [-0.4, -0.2) is 19.9 Å². The SMILES string of the molecule is FC(F)(F)c1cccc(-c2c3nccnc3c(-c3cccc(C(F)(F)F)c3)c3nccnc23)c1. The van der Waals surface area contributed by atoms with Crippen LogP contribution in [0.4, 0.5) is 26.3 Å². The van der Waals surface area contributed by atoms with Gasteiger partial charge in [-0.2, -0.15) is 26.3 Å². The summed E-state index contributed by atoms with van der Waals surface area (Å²) in [6.07, 6.45) is -3.71. The van der Waals surface area contributed by atoms with Crippen molar-refractivity contribution in [2.45, 2.75) is 12.4 Å². The average Bonchev–Trinajstić information content (AvgIpc) is 2.81. The molecule has 170 valence electrons. The Morgan fingerprint density at radius 3 is 1.09 bits per heavy atom. The Bertz CT molecular complexity index is 1370. The fourth-order valence-corrected chi connectivity index (χ4v) is 3.88. The van der Waals surface area contributed by atoms with Crippen molar-refractivity contribution in [1.82, 2.24) is 19.9 Å². The Balaban J connectivity index is 1.90. The van der Waals surface area contributed by atoms with Gasteiger partial charge in [0.05, 0.1) is 33.2 Å². The minimum absolute atomic E-state index is 0.182. The molecule has 4 nitrogen and oxygen atoms in total. The third kappa shape index (κ3) is 3.70. The predicted octanol–water partition coefficient (Wildman–Crippen LogP) is 6.94. The lowest BCUT2D eigenvalue weighted by molar-refractivity contribution is -0.138. The molecule has 34 heavy (non-hydrogen) atoms. The van der Waals surface area contributed by atoms with Crippen molar-refractivity contribution < 1.29 is 26.3 Å². The smallest absolute Gasteiger partial charge is 0.252 e. The highest BCUT2D eigenvalue weighted by Gasteiger charge is 2.32. The fourth-order valence-electron chi connectivity index (χ4n) is 3.88. The van der Waals surface area contributed by atoms with Crippen molar-refractivity contribution in [3.63, 3.8) is 0 Å². The van der Waals surface area contributed by atoms with E-state index in [-0.39, 0.29) is 44.3 Å². The lowest BCUT2D eigenvalue weighted by atomic mass is 9.93. The Morgan fingerprint density at radius 2 is 0.794 bits per heavy atom. The predicted molar refractivity (Wildman–Crippen MR) is 114 cm³/mol. The molecular weight excluding hydrogens is 458 g/mol. The fraction of sp³-hybridized carbons (Fsp3) is 0.0833. The zero-order valence-corrected chi connectivity index (χ0v) is 17.0. The number of aromatic nitrogens is 4. The van der Waals surface area contributed by atoms with E-state index in [9.17, 15) is 26.3 Å². The molecule has 2 aromatic heterocycles. The first kappa shape index (κ1) is 21.7. The third-order valence-electron chi connectivity index (χ3n) is 5.30. The highest BCUT2D eigenvalue weighted by molar-refractivity contribution is 6.16. The number of hydrogen-bond acceptors (Lipinski definition) is 4. The molecule has 0 atom stereocenters. The van der Waals surface area contributed by atoms with Gasteiger partial charge in [0.15, 0.2) is 0 Å². The Hall–Kier alpha value is -4.08. The van der Waals surface area contributed by atoms with Crippen molar-refractivity contribution in [3.8, 4) is 22.3 Å². The number of alkyl halides is 6. The summed E-state index contributed by atoms with van der Waals surface area (Å²) in [4.78, 5) is 17.3. The second kappa shape index (κ2) is 7.75. The van der Waals surface area contributed by atoms with E-state index in [0.717, 1.165) is 24.3 Å². The summed E-state index contributed by atoms with van der Waals surface area (Å²) in [5.41, 5.74) is -0.0556. The van der Waals surface area contributed by atoms with E-state index in [1.165, 1.54) is 49.1 Å².